The molecule has 36 heavy (non-hydrogen) atoms. The van der Waals surface area contributed by atoms with E-state index >= 15 is 0 Å². The van der Waals surface area contributed by atoms with E-state index in [1.807, 2.05) is 23.1 Å². The van der Waals surface area contributed by atoms with Gasteiger partial charge in [0.05, 0.1) is 6.54 Å². The first kappa shape index (κ1) is 23.5. The summed E-state index contributed by atoms with van der Waals surface area (Å²) in [5.74, 6) is 0.607. The fourth-order valence-electron chi connectivity index (χ4n) is 3.89. The minimum Gasteiger partial charge on any atom is -0.454 e. The van der Waals surface area contributed by atoms with Crippen LogP contribution in [0.25, 0.3) is 0 Å². The van der Waals surface area contributed by atoms with Crippen LogP contribution in [0.5, 0.6) is 11.5 Å². The van der Waals surface area contributed by atoms with Gasteiger partial charge in [-0.3, -0.25) is 9.69 Å². The van der Waals surface area contributed by atoms with Gasteiger partial charge in [0.25, 0.3) is 5.91 Å². The highest BCUT2D eigenvalue weighted by Gasteiger charge is 2.19. The zero-order valence-electron chi connectivity index (χ0n) is 19.2. The maximum Gasteiger partial charge on any atom is 0.273 e. The molecule has 0 bridgehead atoms. The number of rotatable bonds is 9. The van der Waals surface area contributed by atoms with Gasteiger partial charge in [0.1, 0.15) is 17.9 Å². The van der Waals surface area contributed by atoms with Crippen LogP contribution in [0.4, 0.5) is 8.78 Å². The first-order valence-corrected chi connectivity index (χ1v) is 11.3. The van der Waals surface area contributed by atoms with Gasteiger partial charge in [-0.05, 0) is 41.5 Å². The number of ether oxygens (including phenoxy) is 2. The van der Waals surface area contributed by atoms with Crippen molar-refractivity contribution >= 4 is 5.91 Å². The molecule has 0 unspecified atom stereocenters. The number of amides is 1. The largest absolute Gasteiger partial charge is 0.454 e. The van der Waals surface area contributed by atoms with Crippen molar-refractivity contribution in [2.75, 3.05) is 6.79 Å². The summed E-state index contributed by atoms with van der Waals surface area (Å²) in [7, 11) is 0. The van der Waals surface area contributed by atoms with Gasteiger partial charge in [0.2, 0.25) is 12.7 Å². The smallest absolute Gasteiger partial charge is 0.273 e. The molecule has 0 atom stereocenters. The van der Waals surface area contributed by atoms with E-state index in [1.165, 1.54) is 24.5 Å². The molecule has 1 aliphatic rings. The standard InChI is InChI=1S/C27H23F2N3O4/c28-21-8-5-18(6-9-21)12-30-27(33)23-16-34-26(31-23)15-32(14-20-3-1-2-4-22(20)29)13-19-7-10-24-25(11-19)36-17-35-24/h1-11,16H,12-15,17H2,(H,30,33). The molecule has 7 nitrogen and oxygen atoms in total. The molecule has 0 saturated heterocycles. The third-order valence-corrected chi connectivity index (χ3v) is 5.70. The van der Waals surface area contributed by atoms with Crippen molar-refractivity contribution in [3.05, 3.63) is 113 Å². The molecule has 0 radical (unpaired) electrons. The van der Waals surface area contributed by atoms with Crippen LogP contribution in [-0.4, -0.2) is 22.6 Å². The Kier molecular flexibility index (Phi) is 6.90. The van der Waals surface area contributed by atoms with Crippen molar-refractivity contribution in [3.63, 3.8) is 0 Å². The van der Waals surface area contributed by atoms with E-state index in [-0.39, 0.29) is 37.2 Å². The summed E-state index contributed by atoms with van der Waals surface area (Å²) in [6, 6.07) is 18.1. The quantitative estimate of drug-likeness (QED) is 0.362. The van der Waals surface area contributed by atoms with Gasteiger partial charge in [-0.1, -0.05) is 36.4 Å². The van der Waals surface area contributed by atoms with Crippen LogP contribution in [0.1, 0.15) is 33.1 Å². The van der Waals surface area contributed by atoms with Crippen molar-refractivity contribution in [2.45, 2.75) is 26.2 Å². The molecular weight excluding hydrogens is 468 g/mol. The lowest BCUT2D eigenvalue weighted by Gasteiger charge is -2.21. The lowest BCUT2D eigenvalue weighted by molar-refractivity contribution is 0.0945. The molecule has 5 rings (SSSR count). The Balaban J connectivity index is 1.28. The van der Waals surface area contributed by atoms with E-state index in [1.54, 1.807) is 30.3 Å². The predicted molar refractivity (Wildman–Crippen MR) is 126 cm³/mol. The summed E-state index contributed by atoms with van der Waals surface area (Å²) < 4.78 is 43.9. The monoisotopic (exact) mass is 491 g/mol. The molecule has 1 amide bonds. The normalized spacial score (nSPS) is 12.2. The second-order valence-corrected chi connectivity index (χ2v) is 8.36. The number of halogens is 2. The Morgan fingerprint density at radius 3 is 2.53 bits per heavy atom. The van der Waals surface area contributed by atoms with Crippen LogP contribution in [0.3, 0.4) is 0 Å². The average molecular weight is 491 g/mol. The molecular formula is C27H23F2N3O4. The molecule has 1 aromatic heterocycles. The molecule has 3 aromatic carbocycles. The minimum absolute atomic E-state index is 0.126. The van der Waals surface area contributed by atoms with Gasteiger partial charge in [-0.2, -0.15) is 0 Å². The van der Waals surface area contributed by atoms with Gasteiger partial charge in [0, 0.05) is 25.2 Å². The number of fused-ring (bicyclic) bond motifs is 1. The average Bonchev–Trinajstić information content (AvgIpc) is 3.54. The number of hydrogen-bond donors (Lipinski definition) is 1. The fraction of sp³-hybridized carbons (Fsp3) is 0.185. The maximum atomic E-state index is 14.4. The predicted octanol–water partition coefficient (Wildman–Crippen LogP) is 4.81. The van der Waals surface area contributed by atoms with Crippen LogP contribution < -0.4 is 14.8 Å². The molecule has 9 heteroatoms. The summed E-state index contributed by atoms with van der Waals surface area (Å²) in [6.45, 7) is 1.41. The molecule has 0 fully saturated rings. The highest BCUT2D eigenvalue weighted by Crippen LogP contribution is 2.33. The molecule has 0 spiro atoms. The topological polar surface area (TPSA) is 76.8 Å². The summed E-state index contributed by atoms with van der Waals surface area (Å²) in [6.07, 6.45) is 1.29. The number of nitrogens with one attached hydrogen (secondary N) is 1. The van der Waals surface area contributed by atoms with Crippen LogP contribution >= 0.6 is 0 Å². The van der Waals surface area contributed by atoms with Gasteiger partial charge < -0.3 is 19.2 Å². The summed E-state index contributed by atoms with van der Waals surface area (Å²) >= 11 is 0. The maximum absolute atomic E-state index is 14.4. The SMILES string of the molecule is O=C(NCc1ccc(F)cc1)c1coc(CN(Cc2ccc3c(c2)OCO3)Cc2ccccc2F)n1. The van der Waals surface area contributed by atoms with Crippen molar-refractivity contribution < 1.29 is 27.5 Å². The third kappa shape index (κ3) is 5.69. The Hall–Kier alpha value is -4.24. The van der Waals surface area contributed by atoms with E-state index in [0.29, 0.717) is 36.0 Å². The van der Waals surface area contributed by atoms with Crippen LogP contribution in [0.2, 0.25) is 0 Å². The van der Waals surface area contributed by atoms with E-state index < -0.39 is 5.91 Å². The van der Waals surface area contributed by atoms with E-state index in [9.17, 15) is 13.6 Å². The third-order valence-electron chi connectivity index (χ3n) is 5.70. The lowest BCUT2D eigenvalue weighted by Crippen LogP contribution is -2.24. The number of carbonyl (C=O) groups excluding carboxylic acids is 1. The number of hydrogen-bond acceptors (Lipinski definition) is 6. The fourth-order valence-corrected chi connectivity index (χ4v) is 3.89. The Morgan fingerprint density at radius 2 is 1.69 bits per heavy atom. The zero-order valence-corrected chi connectivity index (χ0v) is 19.2. The second kappa shape index (κ2) is 10.6. The first-order chi connectivity index (χ1) is 17.5. The van der Waals surface area contributed by atoms with Crippen molar-refractivity contribution in [1.82, 2.24) is 15.2 Å². The van der Waals surface area contributed by atoms with Crippen LogP contribution in [-0.2, 0) is 26.2 Å². The molecule has 1 aliphatic heterocycles. The molecule has 184 valence electrons. The summed E-state index contributed by atoms with van der Waals surface area (Å²) in [4.78, 5) is 18.8. The van der Waals surface area contributed by atoms with Gasteiger partial charge in [-0.15, -0.1) is 0 Å². The number of aromatic nitrogens is 1. The number of benzene rings is 3. The van der Waals surface area contributed by atoms with E-state index in [2.05, 4.69) is 10.3 Å². The highest BCUT2D eigenvalue weighted by atomic mass is 19.1. The molecule has 1 N–H and O–H groups in total. The minimum atomic E-state index is -0.411. The Morgan fingerprint density at radius 1 is 0.917 bits per heavy atom. The van der Waals surface area contributed by atoms with E-state index in [4.69, 9.17) is 13.9 Å². The molecule has 2 heterocycles. The Labute approximate surface area is 206 Å². The summed E-state index contributed by atoms with van der Waals surface area (Å²) in [5, 5.41) is 2.74. The van der Waals surface area contributed by atoms with Gasteiger partial charge >= 0.3 is 0 Å². The lowest BCUT2D eigenvalue weighted by atomic mass is 10.1. The molecule has 0 saturated carbocycles. The highest BCUT2D eigenvalue weighted by molar-refractivity contribution is 5.91. The number of carbonyl (C=O) groups is 1. The van der Waals surface area contributed by atoms with Crippen LogP contribution in [0, 0.1) is 11.6 Å². The summed E-state index contributed by atoms with van der Waals surface area (Å²) in [5.41, 5.74) is 2.36. The molecule has 0 aliphatic carbocycles. The van der Waals surface area contributed by atoms with Crippen molar-refractivity contribution in [1.29, 1.82) is 0 Å². The number of nitrogens with zero attached hydrogens (tertiary/aromatic N) is 2. The Bertz CT molecular complexity index is 1360. The number of oxazole rings is 1. The van der Waals surface area contributed by atoms with Gasteiger partial charge in [0.15, 0.2) is 17.2 Å². The zero-order chi connectivity index (χ0) is 24.9. The molecule has 4 aromatic rings. The van der Waals surface area contributed by atoms with Crippen LogP contribution in [0.15, 0.2) is 77.4 Å². The first-order valence-electron chi connectivity index (χ1n) is 11.3. The van der Waals surface area contributed by atoms with Gasteiger partial charge in [-0.25, -0.2) is 13.8 Å². The van der Waals surface area contributed by atoms with Crippen molar-refractivity contribution in [3.8, 4) is 11.5 Å². The second-order valence-electron chi connectivity index (χ2n) is 8.36. The van der Waals surface area contributed by atoms with Crippen molar-refractivity contribution in [2.24, 2.45) is 0 Å². The van der Waals surface area contributed by atoms with E-state index in [0.717, 1.165) is 11.1 Å².